The molecule has 0 radical (unpaired) electrons. The lowest BCUT2D eigenvalue weighted by Crippen LogP contribution is -2.59. The predicted octanol–water partition coefficient (Wildman–Crippen LogP) is -0.932. The number of rotatable bonds is 4. The molecule has 114 valence electrons. The van der Waals surface area contributed by atoms with Crippen LogP contribution in [0, 0.1) is 11.3 Å². The largest absolute Gasteiger partial charge is 0.394 e. The zero-order valence-corrected chi connectivity index (χ0v) is 11.1. The third-order valence-corrected chi connectivity index (χ3v) is 3.34. The Morgan fingerprint density at radius 1 is 1.14 bits per heavy atom. The first-order valence-corrected chi connectivity index (χ1v) is 6.49. The van der Waals surface area contributed by atoms with Crippen molar-refractivity contribution in [2.45, 2.75) is 36.8 Å². The van der Waals surface area contributed by atoms with Crippen LogP contribution >= 0.6 is 0 Å². The standard InChI is InChI=1S/C14H17NO6/c15-6-9(8-4-2-1-3-5-8)20-14-13(19)12(18)11(17)10(7-16)21-14/h1-5,9-14,16-19H,7H2/t9-,10+,11+,12-,13+,14+/m0/s1. The Morgan fingerprint density at radius 2 is 1.81 bits per heavy atom. The summed E-state index contributed by atoms with van der Waals surface area (Å²) in [5.41, 5.74) is 0.567. The lowest BCUT2D eigenvalue weighted by molar-refractivity contribution is -0.307. The molecule has 7 heteroatoms. The van der Waals surface area contributed by atoms with Crippen LogP contribution in [0.4, 0.5) is 0 Å². The number of benzene rings is 1. The van der Waals surface area contributed by atoms with E-state index < -0.39 is 43.4 Å². The summed E-state index contributed by atoms with van der Waals surface area (Å²) in [6.07, 6.45) is -7.91. The fourth-order valence-electron chi connectivity index (χ4n) is 2.13. The van der Waals surface area contributed by atoms with E-state index in [0.717, 1.165) is 0 Å². The van der Waals surface area contributed by atoms with E-state index in [1.807, 2.05) is 6.07 Å². The molecule has 7 nitrogen and oxygen atoms in total. The van der Waals surface area contributed by atoms with Crippen LogP contribution in [-0.2, 0) is 9.47 Å². The van der Waals surface area contributed by atoms with Crippen LogP contribution in [-0.4, -0.2) is 57.7 Å². The molecule has 6 atom stereocenters. The normalized spacial score (nSPS) is 34.1. The number of aliphatic hydroxyl groups is 4. The van der Waals surface area contributed by atoms with Crippen molar-refractivity contribution in [3.05, 3.63) is 35.9 Å². The van der Waals surface area contributed by atoms with E-state index in [4.69, 9.17) is 19.8 Å². The molecule has 1 aliphatic heterocycles. The fourth-order valence-corrected chi connectivity index (χ4v) is 2.13. The molecule has 0 saturated carbocycles. The molecule has 21 heavy (non-hydrogen) atoms. The lowest BCUT2D eigenvalue weighted by atomic mass is 9.99. The molecule has 0 amide bonds. The quantitative estimate of drug-likeness (QED) is 0.565. The van der Waals surface area contributed by atoms with Crippen LogP contribution in [0.15, 0.2) is 30.3 Å². The molecule has 0 aliphatic carbocycles. The van der Waals surface area contributed by atoms with Crippen LogP contribution in [0.2, 0.25) is 0 Å². The van der Waals surface area contributed by atoms with Gasteiger partial charge in [0.1, 0.15) is 24.4 Å². The van der Waals surface area contributed by atoms with Crippen LogP contribution in [0.5, 0.6) is 0 Å². The van der Waals surface area contributed by atoms with Crippen molar-refractivity contribution in [2.75, 3.05) is 6.61 Å². The van der Waals surface area contributed by atoms with Gasteiger partial charge in [-0.3, -0.25) is 0 Å². The zero-order chi connectivity index (χ0) is 15.4. The van der Waals surface area contributed by atoms with Crippen LogP contribution in [0.25, 0.3) is 0 Å². The van der Waals surface area contributed by atoms with Gasteiger partial charge in [-0.2, -0.15) is 5.26 Å². The summed E-state index contributed by atoms with van der Waals surface area (Å²) in [7, 11) is 0. The number of nitrogens with zero attached hydrogens (tertiary/aromatic N) is 1. The van der Waals surface area contributed by atoms with Gasteiger partial charge in [0.05, 0.1) is 12.7 Å². The molecule has 1 fully saturated rings. The second-order valence-electron chi connectivity index (χ2n) is 4.75. The second kappa shape index (κ2) is 6.95. The highest BCUT2D eigenvalue weighted by molar-refractivity contribution is 5.22. The predicted molar refractivity (Wildman–Crippen MR) is 69.6 cm³/mol. The van der Waals surface area contributed by atoms with E-state index in [1.165, 1.54) is 0 Å². The van der Waals surface area contributed by atoms with Crippen molar-refractivity contribution in [2.24, 2.45) is 0 Å². The maximum absolute atomic E-state index is 9.86. The fraction of sp³-hybridized carbons (Fsp3) is 0.500. The molecule has 2 rings (SSSR count). The number of ether oxygens (including phenoxy) is 2. The Bertz CT molecular complexity index is 488. The average molecular weight is 295 g/mol. The summed E-state index contributed by atoms with van der Waals surface area (Å²) < 4.78 is 10.6. The third-order valence-electron chi connectivity index (χ3n) is 3.34. The molecular weight excluding hydrogens is 278 g/mol. The van der Waals surface area contributed by atoms with Gasteiger partial charge in [-0.15, -0.1) is 0 Å². The summed E-state index contributed by atoms with van der Waals surface area (Å²) in [4.78, 5) is 0. The first-order valence-electron chi connectivity index (χ1n) is 6.49. The van der Waals surface area contributed by atoms with Crippen LogP contribution in [0.3, 0.4) is 0 Å². The van der Waals surface area contributed by atoms with Gasteiger partial charge in [0, 0.05) is 0 Å². The van der Waals surface area contributed by atoms with E-state index in [1.54, 1.807) is 30.3 Å². The molecule has 1 saturated heterocycles. The summed E-state index contributed by atoms with van der Waals surface area (Å²) >= 11 is 0. The summed E-state index contributed by atoms with van der Waals surface area (Å²) in [5.74, 6) is 0. The summed E-state index contributed by atoms with van der Waals surface area (Å²) in [6, 6.07) is 10.5. The first kappa shape index (κ1) is 15.9. The second-order valence-corrected chi connectivity index (χ2v) is 4.75. The Morgan fingerprint density at radius 3 is 2.38 bits per heavy atom. The SMILES string of the molecule is N#C[C@H](O[C@@H]1O[C@H](CO)[C@@H](O)[C@H](O)[C@H]1O)c1ccccc1. The monoisotopic (exact) mass is 295 g/mol. The number of nitriles is 1. The number of hydrogen-bond acceptors (Lipinski definition) is 7. The van der Waals surface area contributed by atoms with E-state index in [0.29, 0.717) is 5.56 Å². The maximum atomic E-state index is 9.86. The van der Waals surface area contributed by atoms with Gasteiger partial charge >= 0.3 is 0 Å². The van der Waals surface area contributed by atoms with Crippen LogP contribution < -0.4 is 0 Å². The van der Waals surface area contributed by atoms with E-state index in [9.17, 15) is 15.3 Å². The smallest absolute Gasteiger partial charge is 0.188 e. The number of hydrogen-bond donors (Lipinski definition) is 4. The van der Waals surface area contributed by atoms with E-state index >= 15 is 0 Å². The van der Waals surface area contributed by atoms with Crippen molar-refractivity contribution < 1.29 is 29.9 Å². The van der Waals surface area contributed by atoms with Crippen molar-refractivity contribution in [1.29, 1.82) is 5.26 Å². The summed E-state index contributed by atoms with van der Waals surface area (Å²) in [5, 5.41) is 47.5. The molecule has 4 N–H and O–H groups in total. The van der Waals surface area contributed by atoms with Crippen molar-refractivity contribution in [3.63, 3.8) is 0 Å². The lowest BCUT2D eigenvalue weighted by Gasteiger charge is -2.40. The highest BCUT2D eigenvalue weighted by Crippen LogP contribution is 2.27. The molecule has 1 aromatic carbocycles. The highest BCUT2D eigenvalue weighted by atomic mass is 16.7. The van der Waals surface area contributed by atoms with Crippen molar-refractivity contribution in [1.82, 2.24) is 0 Å². The minimum Gasteiger partial charge on any atom is -0.394 e. The summed E-state index contributed by atoms with van der Waals surface area (Å²) in [6.45, 7) is -0.548. The van der Waals surface area contributed by atoms with Crippen molar-refractivity contribution in [3.8, 4) is 6.07 Å². The molecule has 0 spiro atoms. The average Bonchev–Trinajstić information content (AvgIpc) is 2.53. The number of aliphatic hydroxyl groups excluding tert-OH is 4. The molecule has 0 unspecified atom stereocenters. The minimum absolute atomic E-state index is 0.548. The Balaban J connectivity index is 2.12. The van der Waals surface area contributed by atoms with Gasteiger partial charge in [0.2, 0.25) is 0 Å². The van der Waals surface area contributed by atoms with Gasteiger partial charge in [-0.25, -0.2) is 0 Å². The zero-order valence-electron chi connectivity index (χ0n) is 11.1. The Hall–Kier alpha value is -1.53. The van der Waals surface area contributed by atoms with Crippen LogP contribution in [0.1, 0.15) is 11.7 Å². The molecule has 1 aliphatic rings. The van der Waals surface area contributed by atoms with E-state index in [-0.39, 0.29) is 0 Å². The van der Waals surface area contributed by atoms with Crippen molar-refractivity contribution >= 4 is 0 Å². The Labute approximate surface area is 121 Å². The maximum Gasteiger partial charge on any atom is 0.188 e. The molecule has 1 aromatic rings. The molecular formula is C14H17NO6. The van der Waals surface area contributed by atoms with Gasteiger partial charge in [-0.05, 0) is 5.56 Å². The third kappa shape index (κ3) is 3.39. The van der Waals surface area contributed by atoms with Gasteiger partial charge in [-0.1, -0.05) is 30.3 Å². The molecule has 0 aromatic heterocycles. The first-order chi connectivity index (χ1) is 10.1. The van der Waals surface area contributed by atoms with E-state index in [2.05, 4.69) is 0 Å². The Kier molecular flexibility index (Phi) is 5.25. The molecule has 1 heterocycles. The van der Waals surface area contributed by atoms with Gasteiger partial charge < -0.3 is 29.9 Å². The minimum atomic E-state index is -1.53. The topological polar surface area (TPSA) is 123 Å². The molecule has 0 bridgehead atoms. The van der Waals surface area contributed by atoms with Gasteiger partial charge in [0.15, 0.2) is 12.4 Å². The highest BCUT2D eigenvalue weighted by Gasteiger charge is 2.44. The van der Waals surface area contributed by atoms with Gasteiger partial charge in [0.25, 0.3) is 0 Å².